The molecular weight excluding hydrogens is 256 g/mol. The quantitative estimate of drug-likeness (QED) is 0.749. The van der Waals surface area contributed by atoms with E-state index in [1.165, 1.54) is 6.26 Å². The van der Waals surface area contributed by atoms with E-state index in [1.807, 2.05) is 0 Å². The average molecular weight is 268 g/mol. The zero-order valence-corrected chi connectivity index (χ0v) is 10.4. The molecular formula is C12H12O5S. The topological polar surface area (TPSA) is 81.4 Å². The third-order valence-electron chi connectivity index (χ3n) is 3.77. The van der Waals surface area contributed by atoms with Crippen molar-refractivity contribution in [3.05, 3.63) is 24.2 Å². The Bertz CT molecular complexity index is 598. The van der Waals surface area contributed by atoms with Crippen LogP contribution in [-0.2, 0) is 19.4 Å². The third-order valence-corrected chi connectivity index (χ3v) is 5.94. The van der Waals surface area contributed by atoms with Crippen molar-refractivity contribution < 1.29 is 22.4 Å². The van der Waals surface area contributed by atoms with Crippen molar-refractivity contribution >= 4 is 21.4 Å². The van der Waals surface area contributed by atoms with E-state index in [-0.39, 0.29) is 24.4 Å². The number of furan rings is 1. The molecule has 1 aliphatic heterocycles. The fourth-order valence-corrected chi connectivity index (χ4v) is 5.33. The molecule has 1 saturated heterocycles. The minimum atomic E-state index is -3.46. The van der Waals surface area contributed by atoms with Crippen LogP contribution in [0, 0.1) is 5.92 Å². The molecule has 18 heavy (non-hydrogen) atoms. The molecule has 0 unspecified atom stereocenters. The first-order chi connectivity index (χ1) is 8.49. The molecule has 0 bridgehead atoms. The predicted octanol–water partition coefficient (Wildman–Crippen LogP) is 0.708. The number of hydrogen-bond donors (Lipinski definition) is 0. The molecule has 3 rings (SSSR count). The van der Waals surface area contributed by atoms with E-state index in [2.05, 4.69) is 0 Å². The molecule has 96 valence electrons. The van der Waals surface area contributed by atoms with Crippen LogP contribution in [0.3, 0.4) is 0 Å². The lowest BCUT2D eigenvalue weighted by Crippen LogP contribution is -2.38. The number of rotatable bonds is 1. The van der Waals surface area contributed by atoms with Gasteiger partial charge >= 0.3 is 0 Å². The number of hydrogen-bond acceptors (Lipinski definition) is 5. The summed E-state index contributed by atoms with van der Waals surface area (Å²) in [6.45, 7) is 0. The van der Waals surface area contributed by atoms with Gasteiger partial charge < -0.3 is 4.42 Å². The van der Waals surface area contributed by atoms with Crippen LogP contribution in [0.25, 0.3) is 0 Å². The molecule has 2 aliphatic rings. The molecule has 1 aliphatic carbocycles. The lowest BCUT2D eigenvalue weighted by Gasteiger charge is -2.29. The number of fused-ring (bicyclic) bond motifs is 1. The van der Waals surface area contributed by atoms with E-state index in [9.17, 15) is 18.0 Å². The van der Waals surface area contributed by atoms with Gasteiger partial charge in [0.05, 0.1) is 11.5 Å². The number of ketones is 2. The monoisotopic (exact) mass is 268 g/mol. The Morgan fingerprint density at radius 2 is 1.89 bits per heavy atom. The highest BCUT2D eigenvalue weighted by atomic mass is 32.2. The maximum Gasteiger partial charge on any atom is 0.161 e. The first-order valence-corrected chi connectivity index (χ1v) is 7.50. The molecule has 0 radical (unpaired) electrons. The largest absolute Gasteiger partial charge is 0.469 e. The molecule has 0 spiro atoms. The van der Waals surface area contributed by atoms with E-state index in [1.54, 1.807) is 12.1 Å². The average Bonchev–Trinajstić information content (AvgIpc) is 2.86. The smallest absolute Gasteiger partial charge is 0.161 e. The first-order valence-electron chi connectivity index (χ1n) is 5.78. The van der Waals surface area contributed by atoms with Gasteiger partial charge in [0.25, 0.3) is 0 Å². The van der Waals surface area contributed by atoms with Gasteiger partial charge in [-0.3, -0.25) is 9.59 Å². The summed E-state index contributed by atoms with van der Waals surface area (Å²) >= 11 is 0. The zero-order chi connectivity index (χ0) is 12.9. The van der Waals surface area contributed by atoms with Crippen molar-refractivity contribution in [1.82, 2.24) is 0 Å². The molecule has 3 atom stereocenters. The molecule has 1 aromatic heterocycles. The second kappa shape index (κ2) is 3.78. The minimum absolute atomic E-state index is 0.0555. The van der Waals surface area contributed by atoms with Gasteiger partial charge in [-0.05, 0) is 12.1 Å². The molecule has 0 amide bonds. The van der Waals surface area contributed by atoms with Crippen LogP contribution < -0.4 is 0 Å². The van der Waals surface area contributed by atoms with Crippen LogP contribution in [0.15, 0.2) is 22.8 Å². The van der Waals surface area contributed by atoms with Crippen LogP contribution in [0.4, 0.5) is 0 Å². The summed E-state index contributed by atoms with van der Waals surface area (Å²) in [5, 5.41) is -0.783. The maximum absolute atomic E-state index is 12.0. The van der Waals surface area contributed by atoms with E-state index >= 15 is 0 Å². The van der Waals surface area contributed by atoms with Gasteiger partial charge in [0.2, 0.25) is 0 Å². The van der Waals surface area contributed by atoms with Crippen LogP contribution in [-0.4, -0.2) is 31.0 Å². The van der Waals surface area contributed by atoms with Crippen LogP contribution >= 0.6 is 0 Å². The van der Waals surface area contributed by atoms with Crippen LogP contribution in [0.2, 0.25) is 0 Å². The minimum Gasteiger partial charge on any atom is -0.469 e. The summed E-state index contributed by atoms with van der Waals surface area (Å²) in [4.78, 5) is 23.4. The molecule has 2 heterocycles. The van der Waals surface area contributed by atoms with Crippen LogP contribution in [0.1, 0.15) is 24.5 Å². The number of Topliss-reactive ketones (excluding diaryl/α,β-unsaturated/α-hetero) is 2. The lowest BCUT2D eigenvalue weighted by molar-refractivity contribution is -0.128. The summed E-state index contributed by atoms with van der Waals surface area (Å²) in [6, 6.07) is 3.32. The molecule has 2 fully saturated rings. The van der Waals surface area contributed by atoms with E-state index in [0.29, 0.717) is 5.76 Å². The summed E-state index contributed by atoms with van der Waals surface area (Å²) in [6.07, 6.45) is 1.65. The Hall–Kier alpha value is -1.43. The zero-order valence-electron chi connectivity index (χ0n) is 9.53. The summed E-state index contributed by atoms with van der Waals surface area (Å²) in [7, 11) is -3.46. The Morgan fingerprint density at radius 3 is 2.56 bits per heavy atom. The Kier molecular flexibility index (Phi) is 2.45. The van der Waals surface area contributed by atoms with Crippen molar-refractivity contribution in [2.24, 2.45) is 5.92 Å². The van der Waals surface area contributed by atoms with E-state index < -0.39 is 32.7 Å². The first kappa shape index (κ1) is 11.6. The lowest BCUT2D eigenvalue weighted by atomic mass is 9.77. The standard InChI is InChI=1S/C12H12O5S/c13-7-4-8-10(14)6-18(15,16)12(8)9(5-7)11-2-1-3-17-11/h1-3,8-9,12H,4-6H2/t8-,9-,12+/m0/s1. The highest BCUT2D eigenvalue weighted by Crippen LogP contribution is 2.43. The number of carbonyl (C=O) groups is 2. The number of carbonyl (C=O) groups excluding carboxylic acids is 2. The second-order valence-electron chi connectivity index (χ2n) is 4.91. The predicted molar refractivity (Wildman–Crippen MR) is 61.8 cm³/mol. The Labute approximate surface area is 104 Å². The van der Waals surface area contributed by atoms with Crippen molar-refractivity contribution in [2.45, 2.75) is 24.0 Å². The fraction of sp³-hybridized carbons (Fsp3) is 0.500. The maximum atomic E-state index is 12.0. The highest BCUT2D eigenvalue weighted by molar-refractivity contribution is 7.93. The fourth-order valence-electron chi connectivity index (χ4n) is 3.05. The molecule has 1 saturated carbocycles. The molecule has 0 aromatic carbocycles. The van der Waals surface area contributed by atoms with Gasteiger partial charge in [0, 0.05) is 24.7 Å². The molecule has 1 aromatic rings. The second-order valence-corrected chi connectivity index (χ2v) is 7.07. The summed E-state index contributed by atoms with van der Waals surface area (Å²) in [5.41, 5.74) is 0. The van der Waals surface area contributed by atoms with Crippen molar-refractivity contribution in [1.29, 1.82) is 0 Å². The number of sulfone groups is 1. The normalized spacial score (nSPS) is 34.6. The molecule has 0 N–H and O–H groups in total. The molecule has 5 nitrogen and oxygen atoms in total. The van der Waals surface area contributed by atoms with Gasteiger partial charge in [-0.2, -0.15) is 0 Å². The molecule has 6 heteroatoms. The van der Waals surface area contributed by atoms with Gasteiger partial charge in [0.1, 0.15) is 17.3 Å². The van der Waals surface area contributed by atoms with Gasteiger partial charge in [0.15, 0.2) is 15.6 Å². The van der Waals surface area contributed by atoms with Gasteiger partial charge in [-0.25, -0.2) is 8.42 Å². The van der Waals surface area contributed by atoms with Crippen molar-refractivity contribution in [3.8, 4) is 0 Å². The van der Waals surface area contributed by atoms with E-state index in [4.69, 9.17) is 4.42 Å². The Morgan fingerprint density at radius 1 is 1.17 bits per heavy atom. The highest BCUT2D eigenvalue weighted by Gasteiger charge is 2.54. The van der Waals surface area contributed by atoms with E-state index in [0.717, 1.165) is 0 Å². The van der Waals surface area contributed by atoms with Gasteiger partial charge in [-0.15, -0.1) is 0 Å². The third kappa shape index (κ3) is 1.63. The summed E-state index contributed by atoms with van der Waals surface area (Å²) < 4.78 is 29.3. The van der Waals surface area contributed by atoms with Crippen molar-refractivity contribution in [2.75, 3.05) is 5.75 Å². The van der Waals surface area contributed by atoms with Crippen molar-refractivity contribution in [3.63, 3.8) is 0 Å². The Balaban J connectivity index is 2.08. The SMILES string of the molecule is O=C1C[C@H]2C(=O)CS(=O)(=O)[C@H]2[C@H](c2ccco2)C1. The van der Waals surface area contributed by atoms with Crippen LogP contribution in [0.5, 0.6) is 0 Å². The summed E-state index contributed by atoms with van der Waals surface area (Å²) in [5.74, 6) is -1.54. The van der Waals surface area contributed by atoms with Gasteiger partial charge in [-0.1, -0.05) is 0 Å².